The summed E-state index contributed by atoms with van der Waals surface area (Å²) in [6.07, 6.45) is 3.59. The first-order valence-electron chi connectivity index (χ1n) is 6.81. The molecule has 1 saturated heterocycles. The average Bonchev–Trinajstić information content (AvgIpc) is 2.74. The highest BCUT2D eigenvalue weighted by Gasteiger charge is 2.13. The maximum absolute atomic E-state index is 5.58. The van der Waals surface area contributed by atoms with Crippen LogP contribution in [0.25, 0.3) is 0 Å². The van der Waals surface area contributed by atoms with Gasteiger partial charge in [-0.25, -0.2) is 0 Å². The standard InChI is InChI=1S/C13H27N3S/c1-12(2)11-16(8-5-13(14)17)10-9-15-6-3-4-7-15/h12H,3-11H2,1-2H3,(H2,14,17). The van der Waals surface area contributed by atoms with E-state index >= 15 is 0 Å². The predicted molar refractivity (Wildman–Crippen MR) is 78.4 cm³/mol. The van der Waals surface area contributed by atoms with Crippen molar-refractivity contribution < 1.29 is 0 Å². The molecule has 0 amide bonds. The molecule has 0 aliphatic carbocycles. The van der Waals surface area contributed by atoms with Crippen LogP contribution in [0, 0.1) is 5.92 Å². The number of hydrogen-bond acceptors (Lipinski definition) is 3. The molecule has 1 rings (SSSR count). The number of nitrogens with two attached hydrogens (primary N) is 1. The highest BCUT2D eigenvalue weighted by molar-refractivity contribution is 7.80. The van der Waals surface area contributed by atoms with E-state index in [1.165, 1.54) is 32.5 Å². The Kier molecular flexibility index (Phi) is 7.00. The Bertz CT molecular complexity index is 225. The van der Waals surface area contributed by atoms with Crippen molar-refractivity contribution in [3.8, 4) is 0 Å². The fourth-order valence-electron chi connectivity index (χ4n) is 2.37. The van der Waals surface area contributed by atoms with E-state index in [4.69, 9.17) is 18.0 Å². The summed E-state index contributed by atoms with van der Waals surface area (Å²) in [5, 5.41) is 0. The maximum atomic E-state index is 5.58. The van der Waals surface area contributed by atoms with E-state index in [-0.39, 0.29) is 0 Å². The molecule has 0 aromatic carbocycles. The van der Waals surface area contributed by atoms with Gasteiger partial charge in [0.15, 0.2) is 0 Å². The normalized spacial score (nSPS) is 17.2. The minimum atomic E-state index is 0.639. The molecular weight excluding hydrogens is 230 g/mol. The molecule has 0 atom stereocenters. The Hall–Kier alpha value is -0.190. The summed E-state index contributed by atoms with van der Waals surface area (Å²) in [5.41, 5.74) is 5.58. The first kappa shape index (κ1) is 14.9. The van der Waals surface area contributed by atoms with Gasteiger partial charge in [-0.2, -0.15) is 0 Å². The molecule has 0 radical (unpaired) electrons. The number of nitrogens with zero attached hydrogens (tertiary/aromatic N) is 2. The fourth-order valence-corrected chi connectivity index (χ4v) is 2.46. The van der Waals surface area contributed by atoms with Gasteiger partial charge in [0.25, 0.3) is 0 Å². The lowest BCUT2D eigenvalue weighted by Gasteiger charge is -2.26. The van der Waals surface area contributed by atoms with Crippen molar-refractivity contribution in [1.82, 2.24) is 9.80 Å². The van der Waals surface area contributed by atoms with Crippen molar-refractivity contribution in [3.05, 3.63) is 0 Å². The zero-order chi connectivity index (χ0) is 12.7. The molecule has 2 N–H and O–H groups in total. The molecule has 1 aliphatic heterocycles. The topological polar surface area (TPSA) is 32.5 Å². The van der Waals surface area contributed by atoms with Crippen LogP contribution in [0.5, 0.6) is 0 Å². The van der Waals surface area contributed by atoms with Crippen LogP contribution in [0.15, 0.2) is 0 Å². The van der Waals surface area contributed by atoms with Gasteiger partial charge in [0.1, 0.15) is 0 Å². The zero-order valence-electron chi connectivity index (χ0n) is 11.3. The summed E-state index contributed by atoms with van der Waals surface area (Å²) in [6, 6.07) is 0. The van der Waals surface area contributed by atoms with Crippen LogP contribution in [0.2, 0.25) is 0 Å². The molecular formula is C13H27N3S. The average molecular weight is 257 g/mol. The minimum Gasteiger partial charge on any atom is -0.393 e. The second-order valence-electron chi connectivity index (χ2n) is 5.46. The molecule has 100 valence electrons. The van der Waals surface area contributed by atoms with Crippen LogP contribution >= 0.6 is 12.2 Å². The summed E-state index contributed by atoms with van der Waals surface area (Å²) < 4.78 is 0. The summed E-state index contributed by atoms with van der Waals surface area (Å²) in [7, 11) is 0. The van der Waals surface area contributed by atoms with E-state index in [1.807, 2.05) is 0 Å². The molecule has 1 heterocycles. The molecule has 0 aromatic rings. The lowest BCUT2D eigenvalue weighted by atomic mass is 10.2. The Labute approximate surface area is 111 Å². The Morgan fingerprint density at radius 1 is 1.29 bits per heavy atom. The molecule has 0 bridgehead atoms. The summed E-state index contributed by atoms with van der Waals surface area (Å²) >= 11 is 4.96. The van der Waals surface area contributed by atoms with Crippen LogP contribution in [0.4, 0.5) is 0 Å². The van der Waals surface area contributed by atoms with Crippen LogP contribution in [-0.2, 0) is 0 Å². The number of likely N-dealkylation sites (tertiary alicyclic amines) is 1. The van der Waals surface area contributed by atoms with Crippen molar-refractivity contribution in [2.75, 3.05) is 39.3 Å². The van der Waals surface area contributed by atoms with E-state index in [0.29, 0.717) is 10.9 Å². The van der Waals surface area contributed by atoms with Gasteiger partial charge in [-0.3, -0.25) is 0 Å². The number of thiocarbonyl (C=S) groups is 1. The van der Waals surface area contributed by atoms with Crippen molar-refractivity contribution in [2.24, 2.45) is 11.7 Å². The molecule has 3 nitrogen and oxygen atoms in total. The van der Waals surface area contributed by atoms with Crippen molar-refractivity contribution in [2.45, 2.75) is 33.1 Å². The van der Waals surface area contributed by atoms with Crippen molar-refractivity contribution in [1.29, 1.82) is 0 Å². The number of hydrogen-bond donors (Lipinski definition) is 1. The third-order valence-electron chi connectivity index (χ3n) is 3.23. The van der Waals surface area contributed by atoms with Crippen LogP contribution in [0.1, 0.15) is 33.1 Å². The fraction of sp³-hybridized carbons (Fsp3) is 0.923. The van der Waals surface area contributed by atoms with E-state index in [2.05, 4.69) is 23.6 Å². The van der Waals surface area contributed by atoms with E-state index in [0.717, 1.165) is 26.1 Å². The monoisotopic (exact) mass is 257 g/mol. The summed E-state index contributed by atoms with van der Waals surface area (Å²) in [6.45, 7) is 11.6. The van der Waals surface area contributed by atoms with Gasteiger partial charge < -0.3 is 15.5 Å². The zero-order valence-corrected chi connectivity index (χ0v) is 12.1. The SMILES string of the molecule is CC(C)CN(CCC(N)=S)CCN1CCCC1. The van der Waals surface area contributed by atoms with E-state index in [1.54, 1.807) is 0 Å². The highest BCUT2D eigenvalue weighted by atomic mass is 32.1. The third kappa shape index (κ3) is 6.96. The van der Waals surface area contributed by atoms with Crippen molar-refractivity contribution in [3.63, 3.8) is 0 Å². The van der Waals surface area contributed by atoms with Crippen LogP contribution in [0.3, 0.4) is 0 Å². The molecule has 0 unspecified atom stereocenters. The lowest BCUT2D eigenvalue weighted by Crippen LogP contribution is -2.37. The maximum Gasteiger partial charge on any atom is 0.0740 e. The molecule has 0 spiro atoms. The quantitative estimate of drug-likeness (QED) is 0.671. The smallest absolute Gasteiger partial charge is 0.0740 e. The first-order valence-corrected chi connectivity index (χ1v) is 7.21. The second-order valence-corrected chi connectivity index (χ2v) is 5.98. The largest absolute Gasteiger partial charge is 0.393 e. The van der Waals surface area contributed by atoms with E-state index in [9.17, 15) is 0 Å². The van der Waals surface area contributed by atoms with Gasteiger partial charge in [-0.15, -0.1) is 0 Å². The predicted octanol–water partition coefficient (Wildman–Crippen LogP) is 1.72. The molecule has 4 heteroatoms. The summed E-state index contributed by atoms with van der Waals surface area (Å²) in [4.78, 5) is 5.70. The molecule has 1 fully saturated rings. The Morgan fingerprint density at radius 3 is 2.47 bits per heavy atom. The summed E-state index contributed by atoms with van der Waals surface area (Å²) in [5.74, 6) is 0.708. The van der Waals surface area contributed by atoms with Crippen molar-refractivity contribution >= 4 is 17.2 Å². The van der Waals surface area contributed by atoms with Gasteiger partial charge in [-0.05, 0) is 31.8 Å². The van der Waals surface area contributed by atoms with Crippen LogP contribution in [-0.4, -0.2) is 54.1 Å². The lowest BCUT2D eigenvalue weighted by molar-refractivity contribution is 0.211. The molecule has 0 aromatic heterocycles. The molecule has 17 heavy (non-hydrogen) atoms. The molecule has 0 saturated carbocycles. The van der Waals surface area contributed by atoms with Gasteiger partial charge >= 0.3 is 0 Å². The molecule has 1 aliphatic rings. The Balaban J connectivity index is 2.25. The van der Waals surface area contributed by atoms with Gasteiger partial charge in [-0.1, -0.05) is 26.1 Å². The first-order chi connectivity index (χ1) is 8.08. The van der Waals surface area contributed by atoms with Gasteiger partial charge in [0.05, 0.1) is 4.99 Å². The van der Waals surface area contributed by atoms with Gasteiger partial charge in [0, 0.05) is 32.6 Å². The third-order valence-corrected chi connectivity index (χ3v) is 3.43. The van der Waals surface area contributed by atoms with E-state index < -0.39 is 0 Å². The highest BCUT2D eigenvalue weighted by Crippen LogP contribution is 2.07. The van der Waals surface area contributed by atoms with Crippen LogP contribution < -0.4 is 5.73 Å². The Morgan fingerprint density at radius 2 is 1.94 bits per heavy atom. The second kappa shape index (κ2) is 8.01. The minimum absolute atomic E-state index is 0.639. The number of rotatable bonds is 8. The van der Waals surface area contributed by atoms with Gasteiger partial charge in [0.2, 0.25) is 0 Å².